The van der Waals surface area contributed by atoms with Crippen molar-refractivity contribution in [1.82, 2.24) is 4.90 Å². The predicted molar refractivity (Wildman–Crippen MR) is 141 cm³/mol. The van der Waals surface area contributed by atoms with E-state index in [9.17, 15) is 9.59 Å². The number of ether oxygens (including phenoxy) is 4. The highest BCUT2D eigenvalue weighted by Gasteiger charge is 2.24. The largest absolute Gasteiger partial charge is 0.491 e. The molecule has 1 N–H and O–H groups in total. The minimum Gasteiger partial charge on any atom is -0.491 e. The summed E-state index contributed by atoms with van der Waals surface area (Å²) in [6, 6.07) is 22.6. The van der Waals surface area contributed by atoms with Crippen LogP contribution in [0.3, 0.4) is 0 Å². The zero-order chi connectivity index (χ0) is 26.0. The van der Waals surface area contributed by atoms with Crippen molar-refractivity contribution in [3.63, 3.8) is 0 Å². The number of carbonyl (C=O) groups excluding carboxylic acids is 2. The summed E-state index contributed by atoms with van der Waals surface area (Å²) in [7, 11) is 3.00. The number of amides is 2. The average Bonchev–Trinajstić information content (AvgIpc) is 2.94. The number of rotatable bonds is 9. The molecule has 1 aliphatic heterocycles. The second-order valence-corrected chi connectivity index (χ2v) is 8.67. The third-order valence-corrected chi connectivity index (χ3v) is 6.15. The van der Waals surface area contributed by atoms with E-state index in [1.165, 1.54) is 7.11 Å². The second-order valence-electron chi connectivity index (χ2n) is 8.67. The third-order valence-electron chi connectivity index (χ3n) is 6.15. The fourth-order valence-corrected chi connectivity index (χ4v) is 4.24. The van der Waals surface area contributed by atoms with Crippen LogP contribution in [-0.4, -0.2) is 63.5 Å². The van der Waals surface area contributed by atoms with Crippen LogP contribution < -0.4 is 14.8 Å². The number of likely N-dealkylation sites (tertiary alicyclic amines) is 1. The van der Waals surface area contributed by atoms with Crippen LogP contribution in [0.25, 0.3) is 11.1 Å². The van der Waals surface area contributed by atoms with Gasteiger partial charge in [-0.3, -0.25) is 4.79 Å². The molecule has 1 heterocycles. The van der Waals surface area contributed by atoms with Crippen molar-refractivity contribution in [2.75, 3.05) is 45.8 Å². The molecule has 0 aliphatic carbocycles. The molecule has 194 valence electrons. The van der Waals surface area contributed by atoms with E-state index in [-0.39, 0.29) is 18.1 Å². The lowest BCUT2D eigenvalue weighted by Gasteiger charge is -2.31. The van der Waals surface area contributed by atoms with Gasteiger partial charge in [-0.15, -0.1) is 0 Å². The van der Waals surface area contributed by atoms with E-state index in [0.717, 1.165) is 11.1 Å². The predicted octanol–water partition coefficient (Wildman–Crippen LogP) is 5.24. The Morgan fingerprint density at radius 3 is 2.41 bits per heavy atom. The van der Waals surface area contributed by atoms with Crippen molar-refractivity contribution in [2.45, 2.75) is 18.9 Å². The lowest BCUT2D eigenvalue weighted by Crippen LogP contribution is -2.41. The molecule has 3 aromatic rings. The first-order valence-electron chi connectivity index (χ1n) is 12.3. The summed E-state index contributed by atoms with van der Waals surface area (Å²) in [6.07, 6.45) is 1.09. The Morgan fingerprint density at radius 1 is 0.892 bits per heavy atom. The maximum absolute atomic E-state index is 13.4. The van der Waals surface area contributed by atoms with Crippen molar-refractivity contribution < 1.29 is 28.5 Å². The molecule has 37 heavy (non-hydrogen) atoms. The van der Waals surface area contributed by atoms with E-state index in [2.05, 4.69) is 5.32 Å². The van der Waals surface area contributed by atoms with Gasteiger partial charge in [0.1, 0.15) is 24.2 Å². The molecule has 1 fully saturated rings. The van der Waals surface area contributed by atoms with Gasteiger partial charge in [0.25, 0.3) is 5.91 Å². The molecule has 3 aromatic carbocycles. The lowest BCUT2D eigenvalue weighted by molar-refractivity contribution is 0.0791. The number of benzene rings is 3. The number of nitrogens with one attached hydrogen (secondary N) is 1. The van der Waals surface area contributed by atoms with E-state index in [1.54, 1.807) is 18.1 Å². The summed E-state index contributed by atoms with van der Waals surface area (Å²) >= 11 is 0. The quantitative estimate of drug-likeness (QED) is 0.401. The Balaban J connectivity index is 1.47. The topological polar surface area (TPSA) is 86.3 Å². The first kappa shape index (κ1) is 26.0. The normalized spacial score (nSPS) is 13.6. The van der Waals surface area contributed by atoms with Crippen molar-refractivity contribution in [3.8, 4) is 22.6 Å². The fraction of sp³-hybridized carbons (Fsp3) is 0.310. The highest BCUT2D eigenvalue weighted by molar-refractivity contribution is 6.09. The van der Waals surface area contributed by atoms with Gasteiger partial charge in [-0.2, -0.15) is 0 Å². The van der Waals surface area contributed by atoms with Gasteiger partial charge in [0.2, 0.25) is 0 Å². The molecule has 4 rings (SSSR count). The molecule has 0 atom stereocenters. The Morgan fingerprint density at radius 2 is 1.68 bits per heavy atom. The maximum atomic E-state index is 13.4. The molecule has 0 spiro atoms. The third kappa shape index (κ3) is 7.01. The highest BCUT2D eigenvalue weighted by Crippen LogP contribution is 2.29. The molecule has 8 heteroatoms. The number of methoxy groups -OCH3 is 2. The fourth-order valence-electron chi connectivity index (χ4n) is 4.24. The van der Waals surface area contributed by atoms with E-state index in [4.69, 9.17) is 18.9 Å². The molecular weight excluding hydrogens is 472 g/mol. The SMILES string of the molecule is COCCOc1ccc(-c2ccccc2)c(C(=O)Nc2cccc(OC3CCN(C(=O)OC)CC3)c2)c1. The smallest absolute Gasteiger partial charge is 0.409 e. The minimum absolute atomic E-state index is 0.0162. The Bertz CT molecular complexity index is 1190. The molecule has 0 radical (unpaired) electrons. The van der Waals surface area contributed by atoms with Crippen molar-refractivity contribution in [2.24, 2.45) is 0 Å². The van der Waals surface area contributed by atoms with Crippen LogP contribution in [0.4, 0.5) is 10.5 Å². The Hall–Kier alpha value is -4.04. The zero-order valence-electron chi connectivity index (χ0n) is 21.1. The molecular formula is C29H32N2O6. The summed E-state index contributed by atoms with van der Waals surface area (Å²) in [6.45, 7) is 2.01. The van der Waals surface area contributed by atoms with E-state index in [1.807, 2.05) is 66.7 Å². The van der Waals surface area contributed by atoms with Gasteiger partial charge >= 0.3 is 6.09 Å². The molecule has 1 saturated heterocycles. The number of anilines is 1. The van der Waals surface area contributed by atoms with Gasteiger partial charge in [0.15, 0.2) is 0 Å². The minimum atomic E-state index is -0.314. The summed E-state index contributed by atoms with van der Waals surface area (Å²) < 4.78 is 21.8. The van der Waals surface area contributed by atoms with E-state index < -0.39 is 0 Å². The summed E-state index contributed by atoms with van der Waals surface area (Å²) in [4.78, 5) is 26.8. The summed E-state index contributed by atoms with van der Waals surface area (Å²) in [5.41, 5.74) is 2.87. The van der Waals surface area contributed by atoms with Gasteiger partial charge in [0.05, 0.1) is 19.3 Å². The molecule has 8 nitrogen and oxygen atoms in total. The van der Waals surface area contributed by atoms with Crippen molar-refractivity contribution >= 4 is 17.7 Å². The molecule has 0 unspecified atom stereocenters. The van der Waals surface area contributed by atoms with E-state index in [0.29, 0.717) is 61.9 Å². The number of hydrogen-bond acceptors (Lipinski definition) is 6. The highest BCUT2D eigenvalue weighted by atomic mass is 16.5. The van der Waals surface area contributed by atoms with Gasteiger partial charge < -0.3 is 29.2 Å². The second kappa shape index (κ2) is 12.8. The van der Waals surface area contributed by atoms with Crippen LogP contribution in [-0.2, 0) is 9.47 Å². The van der Waals surface area contributed by atoms with Crippen LogP contribution in [0.15, 0.2) is 72.8 Å². The maximum Gasteiger partial charge on any atom is 0.409 e. The standard InChI is InChI=1S/C29H32N2O6/c1-34-17-18-36-24-11-12-26(21-7-4-3-5-8-21)27(20-24)28(32)30-22-9-6-10-25(19-22)37-23-13-15-31(16-14-23)29(33)35-2/h3-12,19-20,23H,13-18H2,1-2H3,(H,30,32). The number of nitrogens with zero attached hydrogens (tertiary/aromatic N) is 1. The summed E-state index contributed by atoms with van der Waals surface area (Å²) in [5, 5.41) is 3.00. The van der Waals surface area contributed by atoms with Crippen molar-refractivity contribution in [3.05, 3.63) is 78.4 Å². The van der Waals surface area contributed by atoms with Crippen LogP contribution in [0.5, 0.6) is 11.5 Å². The van der Waals surface area contributed by atoms with E-state index >= 15 is 0 Å². The van der Waals surface area contributed by atoms with Crippen LogP contribution in [0.2, 0.25) is 0 Å². The average molecular weight is 505 g/mol. The number of piperidine rings is 1. The lowest BCUT2D eigenvalue weighted by atomic mass is 9.98. The Kier molecular flexibility index (Phi) is 8.99. The van der Waals surface area contributed by atoms with Crippen molar-refractivity contribution in [1.29, 1.82) is 0 Å². The molecule has 0 aromatic heterocycles. The van der Waals surface area contributed by atoms with Crippen LogP contribution in [0, 0.1) is 0 Å². The van der Waals surface area contributed by atoms with Crippen LogP contribution in [0.1, 0.15) is 23.2 Å². The van der Waals surface area contributed by atoms with Gasteiger partial charge in [-0.1, -0.05) is 36.4 Å². The van der Waals surface area contributed by atoms with Gasteiger partial charge in [0, 0.05) is 44.8 Å². The first-order chi connectivity index (χ1) is 18.1. The summed E-state index contributed by atoms with van der Waals surface area (Å²) in [5.74, 6) is 1.01. The van der Waals surface area contributed by atoms with Crippen LogP contribution >= 0.6 is 0 Å². The van der Waals surface area contributed by atoms with Gasteiger partial charge in [-0.25, -0.2) is 4.79 Å². The zero-order valence-corrected chi connectivity index (χ0v) is 21.1. The number of hydrogen-bond donors (Lipinski definition) is 1. The number of carbonyl (C=O) groups is 2. The monoisotopic (exact) mass is 504 g/mol. The molecule has 1 aliphatic rings. The van der Waals surface area contributed by atoms with Gasteiger partial charge in [-0.05, 0) is 41.5 Å². The first-order valence-corrected chi connectivity index (χ1v) is 12.3. The molecule has 2 amide bonds. The molecule has 0 bridgehead atoms. The Labute approximate surface area is 217 Å². The molecule has 0 saturated carbocycles.